The Bertz CT molecular complexity index is 937. The van der Waals surface area contributed by atoms with Gasteiger partial charge in [0.1, 0.15) is 5.75 Å². The van der Waals surface area contributed by atoms with Crippen molar-refractivity contribution in [2.75, 3.05) is 12.4 Å². The largest absolute Gasteiger partial charge is 0.497 e. The summed E-state index contributed by atoms with van der Waals surface area (Å²) in [6.45, 7) is 1.94. The van der Waals surface area contributed by atoms with E-state index < -0.39 is 5.82 Å². The molecule has 2 aliphatic rings. The minimum atomic E-state index is -0.591. The molecule has 0 radical (unpaired) electrons. The number of nitrogens with one attached hydrogen (secondary N) is 2. The second-order valence-electron chi connectivity index (χ2n) is 7.48. The van der Waals surface area contributed by atoms with Gasteiger partial charge in [-0.3, -0.25) is 4.79 Å². The van der Waals surface area contributed by atoms with Crippen LogP contribution in [0.2, 0.25) is 5.28 Å². The summed E-state index contributed by atoms with van der Waals surface area (Å²) in [4.78, 5) is 20.7. The molecule has 2 N–H and O–H groups in total. The van der Waals surface area contributed by atoms with Gasteiger partial charge in [-0.15, -0.1) is 0 Å². The van der Waals surface area contributed by atoms with Gasteiger partial charge in [0.2, 0.25) is 11.2 Å². The van der Waals surface area contributed by atoms with Crippen molar-refractivity contribution in [3.63, 3.8) is 0 Å². The molecule has 1 fully saturated rings. The number of halogens is 2. The first-order valence-corrected chi connectivity index (χ1v) is 9.91. The van der Waals surface area contributed by atoms with Gasteiger partial charge in [0.05, 0.1) is 25.3 Å². The molecule has 4 rings (SSSR count). The van der Waals surface area contributed by atoms with E-state index in [0.717, 1.165) is 23.9 Å². The standard InChI is InChI=1S/C21H22ClFN4O2/c1-11(12-5-7-15(29-2)8-6-12)25-20(28)17-13-3-4-14(9-13)18(17)26-19-16(23)10-24-21(22)27-19/h3-8,10-11,13-14,17-18H,9H2,1-2H3,(H,25,28)(H,24,26,27)/t11-,13+,14+,17-,18+/m1/s1. The number of carbonyl (C=O) groups excluding carboxylic acids is 1. The van der Waals surface area contributed by atoms with Crippen molar-refractivity contribution >= 4 is 23.3 Å². The van der Waals surface area contributed by atoms with E-state index in [0.29, 0.717) is 0 Å². The first kappa shape index (κ1) is 19.6. The third-order valence-electron chi connectivity index (χ3n) is 5.75. The average Bonchev–Trinajstić information content (AvgIpc) is 3.32. The van der Waals surface area contributed by atoms with Crippen LogP contribution >= 0.6 is 11.6 Å². The fraction of sp³-hybridized carbons (Fsp3) is 0.381. The predicted octanol–water partition coefficient (Wildman–Crippen LogP) is 3.76. The first-order valence-electron chi connectivity index (χ1n) is 9.53. The molecule has 1 saturated carbocycles. The van der Waals surface area contributed by atoms with Crippen molar-refractivity contribution in [3.8, 4) is 5.75 Å². The zero-order valence-corrected chi connectivity index (χ0v) is 16.9. The lowest BCUT2D eigenvalue weighted by molar-refractivity contribution is -0.126. The number of nitrogens with zero attached hydrogens (tertiary/aromatic N) is 2. The number of amides is 1. The Labute approximate surface area is 173 Å². The average molecular weight is 417 g/mol. The van der Waals surface area contributed by atoms with Crippen molar-refractivity contribution < 1.29 is 13.9 Å². The molecule has 1 aromatic heterocycles. The van der Waals surface area contributed by atoms with Crippen molar-refractivity contribution in [1.29, 1.82) is 0 Å². The highest BCUT2D eigenvalue weighted by Gasteiger charge is 2.48. The molecule has 152 valence electrons. The monoisotopic (exact) mass is 416 g/mol. The molecule has 5 atom stereocenters. The number of hydrogen-bond acceptors (Lipinski definition) is 5. The van der Waals surface area contributed by atoms with Gasteiger partial charge in [0.25, 0.3) is 0 Å². The van der Waals surface area contributed by atoms with Crippen LogP contribution in [0.15, 0.2) is 42.6 Å². The Morgan fingerprint density at radius 2 is 2.00 bits per heavy atom. The Morgan fingerprint density at radius 3 is 2.72 bits per heavy atom. The molecule has 0 saturated heterocycles. The predicted molar refractivity (Wildman–Crippen MR) is 108 cm³/mol. The lowest BCUT2D eigenvalue weighted by Gasteiger charge is -2.29. The number of ether oxygens (including phenoxy) is 1. The van der Waals surface area contributed by atoms with Crippen LogP contribution in [-0.4, -0.2) is 29.0 Å². The van der Waals surface area contributed by atoms with Gasteiger partial charge in [0.15, 0.2) is 11.6 Å². The number of rotatable bonds is 6. The number of methoxy groups -OCH3 is 1. The van der Waals surface area contributed by atoms with Gasteiger partial charge in [-0.2, -0.15) is 4.98 Å². The van der Waals surface area contributed by atoms with E-state index in [4.69, 9.17) is 16.3 Å². The number of fused-ring (bicyclic) bond motifs is 2. The molecule has 29 heavy (non-hydrogen) atoms. The quantitative estimate of drug-likeness (QED) is 0.554. The van der Waals surface area contributed by atoms with Crippen LogP contribution < -0.4 is 15.4 Å². The minimum absolute atomic E-state index is 0.0250. The van der Waals surface area contributed by atoms with Gasteiger partial charge < -0.3 is 15.4 Å². The topological polar surface area (TPSA) is 76.1 Å². The smallest absolute Gasteiger partial charge is 0.226 e. The summed E-state index contributed by atoms with van der Waals surface area (Å²) in [7, 11) is 1.61. The number of benzene rings is 1. The van der Waals surface area contributed by atoms with Gasteiger partial charge in [-0.25, -0.2) is 9.37 Å². The maximum atomic E-state index is 14.1. The van der Waals surface area contributed by atoms with Gasteiger partial charge in [-0.05, 0) is 54.5 Å². The number of hydrogen-bond donors (Lipinski definition) is 2. The molecule has 2 aliphatic carbocycles. The molecule has 2 bridgehead atoms. The third kappa shape index (κ3) is 3.92. The van der Waals surface area contributed by atoms with Crippen molar-refractivity contribution in [3.05, 3.63) is 59.3 Å². The summed E-state index contributed by atoms with van der Waals surface area (Å²) < 4.78 is 19.3. The Kier molecular flexibility index (Phi) is 5.41. The van der Waals surface area contributed by atoms with Gasteiger partial charge >= 0.3 is 0 Å². The summed E-state index contributed by atoms with van der Waals surface area (Å²) in [5, 5.41) is 6.16. The normalized spacial score (nSPS) is 25.7. The number of aromatic nitrogens is 2. The van der Waals surface area contributed by atoms with Crippen LogP contribution in [-0.2, 0) is 4.79 Å². The van der Waals surface area contributed by atoms with E-state index in [9.17, 15) is 9.18 Å². The van der Waals surface area contributed by atoms with Gasteiger partial charge in [-0.1, -0.05) is 24.3 Å². The molecular formula is C21H22ClFN4O2. The van der Waals surface area contributed by atoms with E-state index in [1.54, 1.807) is 7.11 Å². The summed E-state index contributed by atoms with van der Waals surface area (Å²) in [6, 6.07) is 7.17. The minimum Gasteiger partial charge on any atom is -0.497 e. The highest BCUT2D eigenvalue weighted by molar-refractivity contribution is 6.28. The Balaban J connectivity index is 1.50. The molecule has 0 unspecified atom stereocenters. The second-order valence-corrected chi connectivity index (χ2v) is 7.82. The van der Waals surface area contributed by atoms with Crippen LogP contribution in [0.5, 0.6) is 5.75 Å². The lowest BCUT2D eigenvalue weighted by Crippen LogP contribution is -2.44. The van der Waals surface area contributed by atoms with E-state index in [2.05, 4.69) is 32.8 Å². The Hall–Kier alpha value is -2.67. The fourth-order valence-electron chi connectivity index (χ4n) is 4.27. The first-order chi connectivity index (χ1) is 14.0. The second kappa shape index (κ2) is 7.99. The van der Waals surface area contributed by atoms with Crippen LogP contribution in [0.3, 0.4) is 0 Å². The van der Waals surface area contributed by atoms with E-state index in [1.165, 1.54) is 0 Å². The molecule has 2 aromatic rings. The number of carbonyl (C=O) groups is 1. The van der Waals surface area contributed by atoms with Gasteiger partial charge in [0, 0.05) is 6.04 Å². The molecule has 1 heterocycles. The van der Waals surface area contributed by atoms with E-state index in [1.807, 2.05) is 31.2 Å². The van der Waals surface area contributed by atoms with Crippen LogP contribution in [0.4, 0.5) is 10.2 Å². The lowest BCUT2D eigenvalue weighted by atomic mass is 9.87. The summed E-state index contributed by atoms with van der Waals surface area (Å²) in [5.41, 5.74) is 0.982. The zero-order chi connectivity index (χ0) is 20.5. The third-order valence-corrected chi connectivity index (χ3v) is 5.94. The zero-order valence-electron chi connectivity index (χ0n) is 16.1. The van der Waals surface area contributed by atoms with Crippen LogP contribution in [0, 0.1) is 23.6 Å². The number of anilines is 1. The highest BCUT2D eigenvalue weighted by Crippen LogP contribution is 2.45. The summed E-state index contributed by atoms with van der Waals surface area (Å²) in [5.74, 6) is 0.0624. The highest BCUT2D eigenvalue weighted by atomic mass is 35.5. The molecule has 0 spiro atoms. The SMILES string of the molecule is COc1ccc([C@@H](C)NC(=O)[C@H]2[C@@H](Nc3nc(Cl)ncc3F)[C@H]3C=C[C@H]2C3)cc1. The van der Waals surface area contributed by atoms with E-state index >= 15 is 0 Å². The fourth-order valence-corrected chi connectivity index (χ4v) is 4.40. The molecule has 0 aliphatic heterocycles. The maximum Gasteiger partial charge on any atom is 0.226 e. The van der Waals surface area contributed by atoms with Crippen molar-refractivity contribution in [2.24, 2.45) is 17.8 Å². The summed E-state index contributed by atoms with van der Waals surface area (Å²) in [6.07, 6.45) is 6.04. The molecule has 1 aromatic carbocycles. The molecular weight excluding hydrogens is 395 g/mol. The Morgan fingerprint density at radius 1 is 1.28 bits per heavy atom. The maximum absolute atomic E-state index is 14.1. The summed E-state index contributed by atoms with van der Waals surface area (Å²) >= 11 is 5.81. The van der Waals surface area contributed by atoms with Crippen molar-refractivity contribution in [1.82, 2.24) is 15.3 Å². The van der Waals surface area contributed by atoms with Crippen LogP contribution in [0.25, 0.3) is 0 Å². The molecule has 1 amide bonds. The molecule has 8 heteroatoms. The number of allylic oxidation sites excluding steroid dienone is 1. The van der Waals surface area contributed by atoms with Crippen molar-refractivity contribution in [2.45, 2.75) is 25.4 Å². The van der Waals surface area contributed by atoms with Crippen LogP contribution in [0.1, 0.15) is 24.9 Å². The molecule has 6 nitrogen and oxygen atoms in total. The van der Waals surface area contributed by atoms with E-state index in [-0.39, 0.29) is 46.8 Å².